The first-order chi connectivity index (χ1) is 15.9. The average molecular weight is 465 g/mol. The fourth-order valence-electron chi connectivity index (χ4n) is 2.76. The lowest BCUT2D eigenvalue weighted by atomic mass is 10.2. The molecule has 7 nitrogen and oxygen atoms in total. The highest BCUT2D eigenvalue weighted by Gasteiger charge is 2.09. The molecule has 0 radical (unpaired) electrons. The maximum absolute atomic E-state index is 12.5. The quantitative estimate of drug-likeness (QED) is 0.262. The second-order valence-electron chi connectivity index (χ2n) is 6.72. The second-order valence-corrected chi connectivity index (χ2v) is 7.16. The van der Waals surface area contributed by atoms with Crippen LogP contribution in [0.4, 0.5) is 16.2 Å². The number of rotatable bonds is 7. The van der Waals surface area contributed by atoms with Crippen LogP contribution in [0.5, 0.6) is 5.75 Å². The van der Waals surface area contributed by atoms with Crippen LogP contribution in [0.2, 0.25) is 5.02 Å². The van der Waals surface area contributed by atoms with Crippen LogP contribution in [0.15, 0.2) is 78.9 Å². The van der Waals surface area contributed by atoms with Gasteiger partial charge in [0, 0.05) is 28.0 Å². The van der Waals surface area contributed by atoms with Gasteiger partial charge in [0.25, 0.3) is 5.91 Å². The number of hydrogen-bond acceptors (Lipinski definition) is 5. The molecule has 0 aliphatic heterocycles. The SMILES string of the molecule is CCOC(=O)Oc1ccc(C(=O)Nc2cccc(NC(=O)/C=C/c3cccc(Cl)c3)c2)cc1. The summed E-state index contributed by atoms with van der Waals surface area (Å²) >= 11 is 5.94. The number of anilines is 2. The van der Waals surface area contributed by atoms with Gasteiger partial charge in [-0.1, -0.05) is 29.8 Å². The normalized spacial score (nSPS) is 10.5. The number of hydrogen-bond donors (Lipinski definition) is 2. The van der Waals surface area contributed by atoms with Crippen molar-refractivity contribution in [2.45, 2.75) is 6.92 Å². The van der Waals surface area contributed by atoms with Crippen LogP contribution in [-0.2, 0) is 9.53 Å². The van der Waals surface area contributed by atoms with Crippen molar-refractivity contribution >= 4 is 47.0 Å². The summed E-state index contributed by atoms with van der Waals surface area (Å²) in [4.78, 5) is 36.1. The molecule has 0 saturated heterocycles. The molecule has 33 heavy (non-hydrogen) atoms. The average Bonchev–Trinajstić information content (AvgIpc) is 2.78. The van der Waals surface area contributed by atoms with Gasteiger partial charge >= 0.3 is 6.16 Å². The van der Waals surface area contributed by atoms with Crippen molar-refractivity contribution in [3.8, 4) is 5.75 Å². The molecule has 2 amide bonds. The molecule has 3 aromatic rings. The third-order valence-corrected chi connectivity index (χ3v) is 4.48. The van der Waals surface area contributed by atoms with E-state index in [4.69, 9.17) is 21.1 Å². The van der Waals surface area contributed by atoms with E-state index < -0.39 is 6.16 Å². The monoisotopic (exact) mass is 464 g/mol. The van der Waals surface area contributed by atoms with Crippen LogP contribution in [0, 0.1) is 0 Å². The number of nitrogens with one attached hydrogen (secondary N) is 2. The lowest BCUT2D eigenvalue weighted by Gasteiger charge is -2.09. The number of benzene rings is 3. The van der Waals surface area contributed by atoms with Gasteiger partial charge in [0.2, 0.25) is 5.91 Å². The van der Waals surface area contributed by atoms with Gasteiger partial charge in [-0.25, -0.2) is 4.79 Å². The zero-order valence-corrected chi connectivity index (χ0v) is 18.5. The van der Waals surface area contributed by atoms with Crippen molar-refractivity contribution in [3.05, 3.63) is 95.0 Å². The first kappa shape index (κ1) is 23.6. The molecule has 0 fully saturated rings. The van der Waals surface area contributed by atoms with Crippen LogP contribution < -0.4 is 15.4 Å². The molecular weight excluding hydrogens is 444 g/mol. The molecule has 3 aromatic carbocycles. The van der Waals surface area contributed by atoms with Crippen molar-refractivity contribution in [1.29, 1.82) is 0 Å². The van der Waals surface area contributed by atoms with E-state index in [1.54, 1.807) is 55.5 Å². The van der Waals surface area contributed by atoms with E-state index in [-0.39, 0.29) is 24.2 Å². The summed E-state index contributed by atoms with van der Waals surface area (Å²) < 4.78 is 9.67. The molecule has 168 valence electrons. The third kappa shape index (κ3) is 7.52. The van der Waals surface area contributed by atoms with Crippen LogP contribution in [0.1, 0.15) is 22.8 Å². The fraction of sp³-hybridized carbons (Fsp3) is 0.0800. The van der Waals surface area contributed by atoms with E-state index in [0.29, 0.717) is 22.0 Å². The molecule has 8 heteroatoms. The maximum Gasteiger partial charge on any atom is 0.513 e. The Labute approximate surface area is 196 Å². The highest BCUT2D eigenvalue weighted by atomic mass is 35.5. The van der Waals surface area contributed by atoms with Gasteiger partial charge in [-0.15, -0.1) is 0 Å². The summed E-state index contributed by atoms with van der Waals surface area (Å²) in [7, 11) is 0. The Morgan fingerprint density at radius 2 is 1.61 bits per heavy atom. The summed E-state index contributed by atoms with van der Waals surface area (Å²) in [6, 6.07) is 19.9. The summed E-state index contributed by atoms with van der Waals surface area (Å²) in [6.07, 6.45) is 2.25. The minimum absolute atomic E-state index is 0.205. The topological polar surface area (TPSA) is 93.7 Å². The van der Waals surface area contributed by atoms with Crippen LogP contribution >= 0.6 is 11.6 Å². The Morgan fingerprint density at radius 3 is 2.30 bits per heavy atom. The molecule has 3 rings (SSSR count). The zero-order valence-electron chi connectivity index (χ0n) is 17.7. The smallest absolute Gasteiger partial charge is 0.434 e. The summed E-state index contributed by atoms with van der Waals surface area (Å²) in [5, 5.41) is 6.09. The maximum atomic E-state index is 12.5. The van der Waals surface area contributed by atoms with E-state index in [1.807, 2.05) is 6.07 Å². The van der Waals surface area contributed by atoms with E-state index in [0.717, 1.165) is 5.56 Å². The highest BCUT2D eigenvalue weighted by Crippen LogP contribution is 2.18. The Balaban J connectivity index is 1.58. The number of carbonyl (C=O) groups is 3. The minimum Gasteiger partial charge on any atom is -0.434 e. The van der Waals surface area contributed by atoms with Crippen LogP contribution in [-0.4, -0.2) is 24.6 Å². The summed E-state index contributed by atoms with van der Waals surface area (Å²) in [6.45, 7) is 1.88. The predicted octanol–water partition coefficient (Wildman–Crippen LogP) is 5.78. The van der Waals surface area contributed by atoms with Crippen molar-refractivity contribution < 1.29 is 23.9 Å². The van der Waals surface area contributed by atoms with Gasteiger partial charge in [-0.05, 0) is 73.2 Å². The van der Waals surface area contributed by atoms with Gasteiger partial charge in [-0.2, -0.15) is 0 Å². The largest absolute Gasteiger partial charge is 0.513 e. The number of halogens is 1. The van der Waals surface area contributed by atoms with E-state index >= 15 is 0 Å². The Hall–Kier alpha value is -4.10. The standard InChI is InChI=1S/C25H21ClN2O5/c1-2-32-25(31)33-22-12-10-18(11-13-22)24(30)28-21-8-4-7-20(16-21)27-23(29)14-9-17-5-3-6-19(26)15-17/h3-16H,2H2,1H3,(H,27,29)(H,28,30)/b14-9+. The van der Waals surface area contributed by atoms with Gasteiger partial charge in [0.05, 0.1) is 6.61 Å². The molecule has 0 unspecified atom stereocenters. The summed E-state index contributed by atoms with van der Waals surface area (Å²) in [5.74, 6) is -0.418. The first-order valence-corrected chi connectivity index (χ1v) is 10.4. The highest BCUT2D eigenvalue weighted by molar-refractivity contribution is 6.30. The van der Waals surface area contributed by atoms with Crippen molar-refractivity contribution in [2.75, 3.05) is 17.2 Å². The zero-order chi connectivity index (χ0) is 23.6. The van der Waals surface area contributed by atoms with Gasteiger partial charge in [0.15, 0.2) is 0 Å². The Bertz CT molecular complexity index is 1180. The van der Waals surface area contributed by atoms with Crippen molar-refractivity contribution in [1.82, 2.24) is 0 Å². The molecule has 0 aliphatic carbocycles. The molecule has 0 heterocycles. The Morgan fingerprint density at radius 1 is 0.909 bits per heavy atom. The van der Waals surface area contributed by atoms with E-state index in [1.165, 1.54) is 30.3 Å². The fourth-order valence-corrected chi connectivity index (χ4v) is 2.96. The third-order valence-electron chi connectivity index (χ3n) is 4.24. The lowest BCUT2D eigenvalue weighted by Crippen LogP contribution is -2.13. The molecule has 0 bridgehead atoms. The minimum atomic E-state index is -0.809. The summed E-state index contributed by atoms with van der Waals surface area (Å²) in [5.41, 5.74) is 2.19. The molecular formula is C25H21ClN2O5. The first-order valence-electron chi connectivity index (χ1n) is 10.0. The molecule has 0 spiro atoms. The molecule has 2 N–H and O–H groups in total. The van der Waals surface area contributed by atoms with Gasteiger partial charge < -0.3 is 20.1 Å². The molecule has 0 saturated carbocycles. The van der Waals surface area contributed by atoms with Crippen molar-refractivity contribution in [2.24, 2.45) is 0 Å². The molecule has 0 aromatic heterocycles. The number of amides is 2. The van der Waals surface area contributed by atoms with E-state index in [2.05, 4.69) is 10.6 Å². The molecule has 0 atom stereocenters. The predicted molar refractivity (Wildman–Crippen MR) is 128 cm³/mol. The number of carbonyl (C=O) groups excluding carboxylic acids is 3. The lowest BCUT2D eigenvalue weighted by molar-refractivity contribution is -0.111. The second kappa shape index (κ2) is 11.5. The van der Waals surface area contributed by atoms with E-state index in [9.17, 15) is 14.4 Å². The van der Waals surface area contributed by atoms with Crippen LogP contribution in [0.3, 0.4) is 0 Å². The van der Waals surface area contributed by atoms with Gasteiger partial charge in [-0.3, -0.25) is 9.59 Å². The van der Waals surface area contributed by atoms with Crippen molar-refractivity contribution in [3.63, 3.8) is 0 Å². The van der Waals surface area contributed by atoms with Crippen LogP contribution in [0.25, 0.3) is 6.08 Å². The number of ether oxygens (including phenoxy) is 2. The molecule has 0 aliphatic rings. The Kier molecular flexibility index (Phi) is 8.21. The van der Waals surface area contributed by atoms with Gasteiger partial charge in [0.1, 0.15) is 5.75 Å².